The van der Waals surface area contributed by atoms with E-state index < -0.39 is 7.12 Å². The Labute approximate surface area is 97.5 Å². The summed E-state index contributed by atoms with van der Waals surface area (Å²) in [6.07, 6.45) is 1.10. The fourth-order valence-electron chi connectivity index (χ4n) is 3.17. The maximum atomic E-state index is 9.21. The molecule has 86 valence electrons. The molecule has 0 radical (unpaired) electrons. The van der Waals surface area contributed by atoms with Gasteiger partial charge in [0.2, 0.25) is 0 Å². The van der Waals surface area contributed by atoms with Gasteiger partial charge in [0, 0.05) is 0 Å². The Morgan fingerprint density at radius 1 is 1.00 bits per heavy atom. The lowest BCUT2D eigenvalue weighted by atomic mass is 9.76. The first-order valence-corrected chi connectivity index (χ1v) is 5.75. The van der Waals surface area contributed by atoms with Crippen LogP contribution < -0.4 is 5.46 Å². The average Bonchev–Trinajstić information content (AvgIpc) is 2.32. The van der Waals surface area contributed by atoms with Crippen molar-refractivity contribution in [2.45, 2.75) is 44.9 Å². The van der Waals surface area contributed by atoms with Crippen LogP contribution in [0, 0.1) is 0 Å². The Morgan fingerprint density at radius 3 is 2.12 bits per heavy atom. The summed E-state index contributed by atoms with van der Waals surface area (Å²) in [7, 11) is -1.37. The molecular formula is C13H19BO2. The van der Waals surface area contributed by atoms with Crippen LogP contribution in [0.5, 0.6) is 0 Å². The second-order valence-electron chi connectivity index (χ2n) is 6.12. The molecule has 0 heterocycles. The zero-order valence-electron chi connectivity index (χ0n) is 10.4. The summed E-state index contributed by atoms with van der Waals surface area (Å²) in [5, 5.41) is 18.4. The zero-order valence-corrected chi connectivity index (χ0v) is 10.4. The third kappa shape index (κ3) is 1.68. The molecule has 0 spiro atoms. The van der Waals surface area contributed by atoms with E-state index in [1.54, 1.807) is 0 Å². The topological polar surface area (TPSA) is 40.5 Å². The summed E-state index contributed by atoms with van der Waals surface area (Å²) in [5.74, 6) is 0. The molecule has 0 atom stereocenters. The number of rotatable bonds is 1. The summed E-state index contributed by atoms with van der Waals surface area (Å²) in [5.41, 5.74) is 3.47. The first-order valence-electron chi connectivity index (χ1n) is 5.75. The molecule has 2 nitrogen and oxygen atoms in total. The average molecular weight is 218 g/mol. The van der Waals surface area contributed by atoms with E-state index in [0.29, 0.717) is 5.46 Å². The predicted molar refractivity (Wildman–Crippen MR) is 66.9 cm³/mol. The molecule has 0 aromatic heterocycles. The predicted octanol–water partition coefficient (Wildman–Crippen LogP) is 1.33. The van der Waals surface area contributed by atoms with Gasteiger partial charge in [-0.05, 0) is 33.8 Å². The van der Waals surface area contributed by atoms with E-state index >= 15 is 0 Å². The van der Waals surface area contributed by atoms with E-state index in [4.69, 9.17) is 0 Å². The van der Waals surface area contributed by atoms with Gasteiger partial charge >= 0.3 is 7.12 Å². The smallest absolute Gasteiger partial charge is 0.423 e. The summed E-state index contributed by atoms with van der Waals surface area (Å²) >= 11 is 0. The van der Waals surface area contributed by atoms with Crippen LogP contribution in [0.15, 0.2) is 18.2 Å². The van der Waals surface area contributed by atoms with Crippen molar-refractivity contribution in [3.05, 3.63) is 29.3 Å². The summed E-state index contributed by atoms with van der Waals surface area (Å²) < 4.78 is 0. The van der Waals surface area contributed by atoms with Gasteiger partial charge in [-0.15, -0.1) is 0 Å². The fourth-order valence-corrected chi connectivity index (χ4v) is 3.17. The lowest BCUT2D eigenvalue weighted by molar-refractivity contribution is 0.403. The lowest BCUT2D eigenvalue weighted by Gasteiger charge is -2.22. The molecule has 0 aliphatic heterocycles. The number of hydrogen-bond donors (Lipinski definition) is 2. The molecule has 0 saturated carbocycles. The Kier molecular flexibility index (Phi) is 2.44. The summed E-state index contributed by atoms with van der Waals surface area (Å²) in [6.45, 7) is 8.92. The fraction of sp³-hybridized carbons (Fsp3) is 0.538. The molecule has 2 rings (SSSR count). The molecule has 0 unspecified atom stereocenters. The van der Waals surface area contributed by atoms with Gasteiger partial charge in [-0.2, -0.15) is 0 Å². The molecule has 0 saturated heterocycles. The molecule has 1 aromatic rings. The normalized spacial score (nSPS) is 20.6. The maximum absolute atomic E-state index is 9.21. The highest BCUT2D eigenvalue weighted by Gasteiger charge is 2.41. The van der Waals surface area contributed by atoms with Crippen LogP contribution in [0.2, 0.25) is 0 Å². The van der Waals surface area contributed by atoms with Gasteiger partial charge in [-0.3, -0.25) is 0 Å². The van der Waals surface area contributed by atoms with Crippen LogP contribution in [-0.2, 0) is 10.8 Å². The van der Waals surface area contributed by atoms with Crippen molar-refractivity contribution in [3.63, 3.8) is 0 Å². The van der Waals surface area contributed by atoms with Crippen LogP contribution >= 0.6 is 0 Å². The van der Waals surface area contributed by atoms with E-state index in [2.05, 4.69) is 27.7 Å². The van der Waals surface area contributed by atoms with Crippen LogP contribution in [0.25, 0.3) is 0 Å². The maximum Gasteiger partial charge on any atom is 0.488 e. The van der Waals surface area contributed by atoms with Gasteiger partial charge in [-0.1, -0.05) is 45.9 Å². The molecule has 0 fully saturated rings. The van der Waals surface area contributed by atoms with Crippen molar-refractivity contribution in [2.75, 3.05) is 0 Å². The highest BCUT2D eigenvalue weighted by molar-refractivity contribution is 6.58. The number of benzene rings is 1. The highest BCUT2D eigenvalue weighted by atomic mass is 16.4. The van der Waals surface area contributed by atoms with E-state index in [0.717, 1.165) is 6.42 Å². The second-order valence-corrected chi connectivity index (χ2v) is 6.12. The van der Waals surface area contributed by atoms with E-state index in [9.17, 15) is 10.0 Å². The molecule has 0 bridgehead atoms. The quantitative estimate of drug-likeness (QED) is 0.698. The Morgan fingerprint density at radius 2 is 1.56 bits per heavy atom. The van der Waals surface area contributed by atoms with Crippen molar-refractivity contribution in [1.29, 1.82) is 0 Å². The van der Waals surface area contributed by atoms with Gasteiger partial charge in [-0.25, -0.2) is 0 Å². The van der Waals surface area contributed by atoms with Crippen LogP contribution in [0.4, 0.5) is 0 Å². The Hall–Kier alpha value is -0.795. The monoisotopic (exact) mass is 218 g/mol. The minimum atomic E-state index is -1.37. The summed E-state index contributed by atoms with van der Waals surface area (Å²) in [4.78, 5) is 0. The van der Waals surface area contributed by atoms with E-state index in [1.807, 2.05) is 18.2 Å². The second kappa shape index (κ2) is 3.35. The first kappa shape index (κ1) is 11.7. The van der Waals surface area contributed by atoms with Gasteiger partial charge in [0.15, 0.2) is 0 Å². The molecule has 1 aromatic carbocycles. The van der Waals surface area contributed by atoms with Crippen LogP contribution in [0.1, 0.15) is 45.2 Å². The standard InChI is InChI=1S/C13H19BO2/c1-12(2)8-13(3,4)11-7-9(14(15)16)5-6-10(11)12/h5-7,15-16H,8H2,1-4H3. The first-order chi connectivity index (χ1) is 7.24. The largest absolute Gasteiger partial charge is 0.488 e. The molecule has 1 aliphatic carbocycles. The highest BCUT2D eigenvalue weighted by Crippen LogP contribution is 2.48. The van der Waals surface area contributed by atoms with Crippen LogP contribution in [-0.4, -0.2) is 17.2 Å². The third-order valence-electron chi connectivity index (χ3n) is 3.68. The third-order valence-corrected chi connectivity index (χ3v) is 3.68. The minimum absolute atomic E-state index is 0.115. The molecule has 16 heavy (non-hydrogen) atoms. The summed E-state index contributed by atoms with van der Waals surface area (Å²) in [6, 6.07) is 5.79. The van der Waals surface area contributed by atoms with Crippen LogP contribution in [0.3, 0.4) is 0 Å². The Bertz CT molecular complexity index is 422. The number of fused-ring (bicyclic) bond motifs is 1. The van der Waals surface area contributed by atoms with Crippen molar-refractivity contribution >= 4 is 12.6 Å². The van der Waals surface area contributed by atoms with Gasteiger partial charge in [0.25, 0.3) is 0 Å². The van der Waals surface area contributed by atoms with Crippen molar-refractivity contribution in [3.8, 4) is 0 Å². The van der Waals surface area contributed by atoms with Crippen molar-refractivity contribution in [2.24, 2.45) is 0 Å². The SMILES string of the molecule is CC1(C)CC(C)(C)c2cc(B(O)O)ccc21. The van der Waals surface area contributed by atoms with E-state index in [-0.39, 0.29) is 10.8 Å². The molecule has 0 amide bonds. The van der Waals surface area contributed by atoms with E-state index in [1.165, 1.54) is 11.1 Å². The lowest BCUT2D eigenvalue weighted by Crippen LogP contribution is -2.31. The molecule has 2 N–H and O–H groups in total. The van der Waals surface area contributed by atoms with Gasteiger partial charge in [0.1, 0.15) is 0 Å². The van der Waals surface area contributed by atoms with Gasteiger partial charge < -0.3 is 10.0 Å². The zero-order chi connectivity index (χ0) is 12.1. The van der Waals surface area contributed by atoms with Crippen molar-refractivity contribution < 1.29 is 10.0 Å². The van der Waals surface area contributed by atoms with Crippen molar-refractivity contribution in [1.82, 2.24) is 0 Å². The molecular weight excluding hydrogens is 199 g/mol. The molecule has 1 aliphatic rings. The molecule has 3 heteroatoms. The number of hydrogen-bond acceptors (Lipinski definition) is 2. The Balaban J connectivity index is 2.59. The van der Waals surface area contributed by atoms with Gasteiger partial charge in [0.05, 0.1) is 0 Å². The minimum Gasteiger partial charge on any atom is -0.423 e.